The smallest absolute Gasteiger partial charge is 0.359 e. The van der Waals surface area contributed by atoms with Crippen molar-refractivity contribution in [3.05, 3.63) is 70.6 Å². The Kier molecular flexibility index (Phi) is 7.27. The minimum Gasteiger partial charge on any atom is -0.451 e. The van der Waals surface area contributed by atoms with Crippen molar-refractivity contribution >= 4 is 32.7 Å². The van der Waals surface area contributed by atoms with E-state index in [0.29, 0.717) is 13.0 Å². The number of rotatable bonds is 7. The van der Waals surface area contributed by atoms with Crippen LogP contribution in [-0.2, 0) is 26.1 Å². The molecule has 0 saturated carbocycles. The van der Waals surface area contributed by atoms with Crippen LogP contribution in [0.5, 0.6) is 0 Å². The van der Waals surface area contributed by atoms with Gasteiger partial charge in [-0.25, -0.2) is 17.9 Å². The second-order valence-corrected chi connectivity index (χ2v) is 10.1. The molecule has 0 radical (unpaired) electrons. The summed E-state index contributed by atoms with van der Waals surface area (Å²) in [7, 11) is -3.70. The first kappa shape index (κ1) is 24.6. The number of aromatic nitrogens is 2. The van der Waals surface area contributed by atoms with Crippen LogP contribution in [0, 0.1) is 0 Å². The average Bonchev–Trinajstić information content (AvgIpc) is 2.88. The number of carbonyl (C=O) groups excluding carboxylic acids is 2. The van der Waals surface area contributed by atoms with Crippen molar-refractivity contribution < 1.29 is 22.7 Å². The molecule has 0 bridgehead atoms. The number of aryl methyl sites for hydroxylation is 1. The summed E-state index contributed by atoms with van der Waals surface area (Å²) in [6.45, 7) is 2.39. The summed E-state index contributed by atoms with van der Waals surface area (Å²) in [6, 6.07) is 15.0. The van der Waals surface area contributed by atoms with Crippen molar-refractivity contribution in [2.24, 2.45) is 0 Å². The highest BCUT2D eigenvalue weighted by molar-refractivity contribution is 7.89. The van der Waals surface area contributed by atoms with E-state index in [9.17, 15) is 22.8 Å². The van der Waals surface area contributed by atoms with Crippen molar-refractivity contribution in [3.63, 3.8) is 0 Å². The number of amides is 1. The molecule has 184 valence electrons. The Balaban J connectivity index is 1.33. The van der Waals surface area contributed by atoms with Gasteiger partial charge in [-0.2, -0.15) is 9.40 Å². The van der Waals surface area contributed by atoms with Crippen molar-refractivity contribution in [1.29, 1.82) is 0 Å². The Hall–Kier alpha value is -3.57. The third-order valence-corrected chi connectivity index (χ3v) is 7.68. The lowest BCUT2D eigenvalue weighted by atomic mass is 10.1. The second kappa shape index (κ2) is 10.4. The van der Waals surface area contributed by atoms with Gasteiger partial charge in [0.05, 0.1) is 4.90 Å². The molecule has 0 atom stereocenters. The molecule has 2 heterocycles. The fraction of sp³-hybridized carbons (Fsp3) is 0.333. The first-order valence-corrected chi connectivity index (χ1v) is 12.8. The van der Waals surface area contributed by atoms with Crippen LogP contribution in [-0.4, -0.2) is 72.1 Å². The minimum atomic E-state index is -3.70. The number of nitrogens with zero attached hydrogens (tertiary/aromatic N) is 4. The summed E-state index contributed by atoms with van der Waals surface area (Å²) in [5.74, 6) is -1.23. The third-order valence-electron chi connectivity index (χ3n) is 5.79. The van der Waals surface area contributed by atoms with Gasteiger partial charge in [0, 0.05) is 38.8 Å². The van der Waals surface area contributed by atoms with Gasteiger partial charge < -0.3 is 9.64 Å². The highest BCUT2D eigenvalue weighted by atomic mass is 32.2. The number of hydrogen-bond acceptors (Lipinski definition) is 7. The summed E-state index contributed by atoms with van der Waals surface area (Å²) >= 11 is 0. The summed E-state index contributed by atoms with van der Waals surface area (Å²) in [4.78, 5) is 38.2. The molecule has 3 aromatic rings. The molecule has 1 amide bonds. The number of piperazine rings is 1. The number of carbonyl (C=O) groups is 2. The SMILES string of the molecule is CCCn1nc(C(=O)OCC(=O)N2CCN(S(=O)(=O)c3ccc4ccccc4c3)CC2)ccc1=O. The zero-order valence-electron chi connectivity index (χ0n) is 19.3. The molecule has 35 heavy (non-hydrogen) atoms. The Morgan fingerprint density at radius 3 is 2.40 bits per heavy atom. The molecule has 0 spiro atoms. The molecule has 0 N–H and O–H groups in total. The number of fused-ring (bicyclic) bond motifs is 1. The van der Waals surface area contributed by atoms with E-state index in [-0.39, 0.29) is 42.3 Å². The lowest BCUT2D eigenvalue weighted by Gasteiger charge is -2.33. The van der Waals surface area contributed by atoms with Crippen molar-refractivity contribution in [3.8, 4) is 0 Å². The molecule has 1 fully saturated rings. The topological polar surface area (TPSA) is 119 Å². The molecule has 1 aliphatic heterocycles. The Bertz CT molecular complexity index is 1410. The minimum absolute atomic E-state index is 0.0582. The predicted molar refractivity (Wildman–Crippen MR) is 128 cm³/mol. The third kappa shape index (κ3) is 5.41. The molecular weight excluding hydrogens is 472 g/mol. The van der Waals surface area contributed by atoms with Crippen molar-refractivity contribution in [1.82, 2.24) is 19.0 Å². The highest BCUT2D eigenvalue weighted by Crippen LogP contribution is 2.23. The Morgan fingerprint density at radius 1 is 0.971 bits per heavy atom. The van der Waals surface area contributed by atoms with Crippen LogP contribution in [0.4, 0.5) is 0 Å². The first-order chi connectivity index (χ1) is 16.8. The molecular formula is C24H26N4O6S. The van der Waals surface area contributed by atoms with Crippen molar-refractivity contribution in [2.45, 2.75) is 24.8 Å². The molecule has 1 aromatic heterocycles. The second-order valence-electron chi connectivity index (χ2n) is 8.15. The van der Waals surface area contributed by atoms with Gasteiger partial charge in [-0.05, 0) is 35.4 Å². The molecule has 1 saturated heterocycles. The maximum absolute atomic E-state index is 13.1. The Labute approximate surface area is 202 Å². The van der Waals surface area contributed by atoms with E-state index in [1.165, 1.54) is 26.0 Å². The van der Waals surface area contributed by atoms with E-state index >= 15 is 0 Å². The van der Waals surface area contributed by atoms with Crippen molar-refractivity contribution in [2.75, 3.05) is 32.8 Å². The summed E-state index contributed by atoms with van der Waals surface area (Å²) in [6.07, 6.45) is 0.673. The van der Waals surface area contributed by atoms with Gasteiger partial charge in [0.15, 0.2) is 12.3 Å². The van der Waals surface area contributed by atoms with Gasteiger partial charge in [-0.15, -0.1) is 0 Å². The predicted octanol–water partition coefficient (Wildman–Crippen LogP) is 1.50. The summed E-state index contributed by atoms with van der Waals surface area (Å²) in [5.41, 5.74) is -0.381. The zero-order valence-corrected chi connectivity index (χ0v) is 20.1. The molecule has 0 aliphatic carbocycles. The van der Waals surface area contributed by atoms with Gasteiger partial charge in [-0.3, -0.25) is 9.59 Å². The van der Waals surface area contributed by atoms with Crippen LogP contribution in [0.2, 0.25) is 0 Å². The van der Waals surface area contributed by atoms with Crippen LogP contribution < -0.4 is 5.56 Å². The van der Waals surface area contributed by atoms with Crippen LogP contribution in [0.3, 0.4) is 0 Å². The quantitative estimate of drug-likeness (QED) is 0.453. The zero-order chi connectivity index (χ0) is 25.0. The molecule has 2 aromatic carbocycles. The molecule has 4 rings (SSSR count). The van der Waals surface area contributed by atoms with Crippen LogP contribution in [0.15, 0.2) is 64.3 Å². The number of benzene rings is 2. The van der Waals surface area contributed by atoms with Gasteiger partial charge in [0.1, 0.15) is 0 Å². The number of esters is 1. The van der Waals surface area contributed by atoms with Crippen LogP contribution in [0.25, 0.3) is 10.8 Å². The van der Waals surface area contributed by atoms with Gasteiger partial charge in [0.25, 0.3) is 11.5 Å². The lowest BCUT2D eigenvalue weighted by molar-refractivity contribution is -0.135. The monoisotopic (exact) mass is 498 g/mol. The molecule has 11 heteroatoms. The molecule has 1 aliphatic rings. The standard InChI is InChI=1S/C24H26N4O6S/c1-2-11-28-22(29)10-9-21(25-28)24(31)34-17-23(30)26-12-14-27(15-13-26)35(32,33)20-8-7-18-5-3-4-6-19(18)16-20/h3-10,16H,2,11-15,17H2,1H3. The van der Waals surface area contributed by atoms with E-state index in [4.69, 9.17) is 4.74 Å². The highest BCUT2D eigenvalue weighted by Gasteiger charge is 2.30. The number of sulfonamides is 1. The molecule has 0 unspecified atom stereocenters. The van der Waals surface area contributed by atoms with Gasteiger partial charge >= 0.3 is 5.97 Å². The first-order valence-electron chi connectivity index (χ1n) is 11.3. The normalized spacial score (nSPS) is 14.7. The van der Waals surface area contributed by atoms with Gasteiger partial charge in [0.2, 0.25) is 10.0 Å². The van der Waals surface area contributed by atoms with Crippen LogP contribution >= 0.6 is 0 Å². The largest absolute Gasteiger partial charge is 0.451 e. The Morgan fingerprint density at radius 2 is 1.69 bits per heavy atom. The van der Waals surface area contributed by atoms with Gasteiger partial charge in [-0.1, -0.05) is 37.3 Å². The summed E-state index contributed by atoms with van der Waals surface area (Å²) < 4.78 is 33.8. The van der Waals surface area contributed by atoms with E-state index in [1.54, 1.807) is 18.2 Å². The maximum Gasteiger partial charge on any atom is 0.359 e. The number of ether oxygens (including phenoxy) is 1. The number of hydrogen-bond donors (Lipinski definition) is 0. The average molecular weight is 499 g/mol. The molecule has 10 nitrogen and oxygen atoms in total. The fourth-order valence-electron chi connectivity index (χ4n) is 3.88. The fourth-order valence-corrected chi connectivity index (χ4v) is 5.34. The van der Waals surface area contributed by atoms with E-state index in [1.807, 2.05) is 31.2 Å². The van der Waals surface area contributed by atoms with E-state index in [2.05, 4.69) is 5.10 Å². The maximum atomic E-state index is 13.1. The van der Waals surface area contributed by atoms with Crippen LogP contribution in [0.1, 0.15) is 23.8 Å². The summed E-state index contributed by atoms with van der Waals surface area (Å²) in [5, 5.41) is 5.76. The lowest BCUT2D eigenvalue weighted by Crippen LogP contribution is -2.51. The van der Waals surface area contributed by atoms with E-state index < -0.39 is 28.5 Å². The van der Waals surface area contributed by atoms with E-state index in [0.717, 1.165) is 10.8 Å².